The number of rotatable bonds is 2. The molecule has 0 saturated carbocycles. The van der Waals surface area contributed by atoms with Gasteiger partial charge in [0.2, 0.25) is 0 Å². The molecule has 0 saturated heterocycles. The van der Waals surface area contributed by atoms with Crippen LogP contribution >= 0.6 is 0 Å². The minimum absolute atomic E-state index is 0.0342. The Balaban J connectivity index is 3.30. The molecule has 0 aliphatic carbocycles. The van der Waals surface area contributed by atoms with E-state index in [1.165, 1.54) is 12.3 Å². The maximum absolute atomic E-state index is 10.5. The van der Waals surface area contributed by atoms with Gasteiger partial charge in [0.15, 0.2) is 6.29 Å². The quantitative estimate of drug-likeness (QED) is 0.661. The molecule has 0 aliphatic heterocycles. The van der Waals surface area contributed by atoms with Crippen molar-refractivity contribution in [2.45, 2.75) is 6.92 Å². The van der Waals surface area contributed by atoms with Gasteiger partial charge in [0, 0.05) is 6.20 Å². The highest BCUT2D eigenvalue weighted by molar-refractivity contribution is 5.95. The van der Waals surface area contributed by atoms with Gasteiger partial charge in [-0.2, -0.15) is 0 Å². The second kappa shape index (κ2) is 3.13. The number of pyridine rings is 1. The van der Waals surface area contributed by atoms with E-state index in [1.54, 1.807) is 6.92 Å². The van der Waals surface area contributed by atoms with Crippen LogP contribution in [0.25, 0.3) is 0 Å². The van der Waals surface area contributed by atoms with Crippen LogP contribution in [0.4, 0.5) is 0 Å². The first-order valence-corrected chi connectivity index (χ1v) is 3.30. The van der Waals surface area contributed by atoms with Gasteiger partial charge >= 0.3 is 5.97 Å². The fraction of sp³-hybridized carbons (Fsp3) is 0.125. The van der Waals surface area contributed by atoms with Crippen LogP contribution in [0.15, 0.2) is 12.3 Å². The van der Waals surface area contributed by atoms with E-state index in [0.29, 0.717) is 6.29 Å². The number of aldehydes is 1. The van der Waals surface area contributed by atoms with E-state index in [-0.39, 0.29) is 11.3 Å². The molecule has 0 unspecified atom stereocenters. The summed E-state index contributed by atoms with van der Waals surface area (Å²) in [7, 11) is 0. The summed E-state index contributed by atoms with van der Waals surface area (Å²) >= 11 is 0. The van der Waals surface area contributed by atoms with Gasteiger partial charge in [-0.15, -0.1) is 0 Å². The molecule has 0 radical (unpaired) electrons. The largest absolute Gasteiger partial charge is 0.478 e. The summed E-state index contributed by atoms with van der Waals surface area (Å²) in [6.45, 7) is 1.72. The Morgan fingerprint density at radius 2 is 2.33 bits per heavy atom. The molecule has 4 heteroatoms. The summed E-state index contributed by atoms with van der Waals surface area (Å²) in [5.41, 5.74) is 0.635. The van der Waals surface area contributed by atoms with E-state index < -0.39 is 5.97 Å². The van der Waals surface area contributed by atoms with Gasteiger partial charge in [-0.1, -0.05) is 0 Å². The molecule has 0 bridgehead atoms. The highest BCUT2D eigenvalue weighted by Crippen LogP contribution is 2.05. The number of aromatic nitrogens is 1. The van der Waals surface area contributed by atoms with Gasteiger partial charge in [0.1, 0.15) is 5.69 Å². The third kappa shape index (κ3) is 1.47. The van der Waals surface area contributed by atoms with Crippen LogP contribution in [-0.4, -0.2) is 22.3 Å². The summed E-state index contributed by atoms with van der Waals surface area (Å²) in [6, 6.07) is 1.42. The Hall–Kier alpha value is -1.71. The monoisotopic (exact) mass is 165 g/mol. The zero-order chi connectivity index (χ0) is 9.14. The molecule has 0 spiro atoms. The molecule has 4 nitrogen and oxygen atoms in total. The normalized spacial score (nSPS) is 9.42. The van der Waals surface area contributed by atoms with Crippen LogP contribution in [-0.2, 0) is 0 Å². The van der Waals surface area contributed by atoms with Crippen molar-refractivity contribution in [1.29, 1.82) is 0 Å². The number of aromatic carboxylic acids is 1. The van der Waals surface area contributed by atoms with Gasteiger partial charge in [-0.05, 0) is 18.6 Å². The van der Waals surface area contributed by atoms with E-state index in [2.05, 4.69) is 4.98 Å². The SMILES string of the molecule is Cc1cnc(C=O)c(C(=O)O)c1. The Morgan fingerprint density at radius 1 is 1.67 bits per heavy atom. The maximum atomic E-state index is 10.5. The topological polar surface area (TPSA) is 67.3 Å². The molecule has 0 atom stereocenters. The van der Waals surface area contributed by atoms with E-state index in [4.69, 9.17) is 5.11 Å². The van der Waals surface area contributed by atoms with Crippen LogP contribution in [0.5, 0.6) is 0 Å². The third-order valence-corrected chi connectivity index (χ3v) is 1.40. The average molecular weight is 165 g/mol. The summed E-state index contributed by atoms with van der Waals surface area (Å²) < 4.78 is 0. The lowest BCUT2D eigenvalue weighted by Gasteiger charge is -1.98. The molecule has 0 aliphatic rings. The van der Waals surface area contributed by atoms with Crippen molar-refractivity contribution in [3.63, 3.8) is 0 Å². The molecule has 62 valence electrons. The van der Waals surface area contributed by atoms with Gasteiger partial charge in [0.25, 0.3) is 0 Å². The van der Waals surface area contributed by atoms with Crippen LogP contribution in [0.1, 0.15) is 26.4 Å². The lowest BCUT2D eigenvalue weighted by molar-refractivity contribution is 0.0693. The summed E-state index contributed by atoms with van der Waals surface area (Å²) in [5, 5.41) is 8.62. The van der Waals surface area contributed by atoms with Crippen molar-refractivity contribution in [3.8, 4) is 0 Å². The Labute approximate surface area is 68.9 Å². The van der Waals surface area contributed by atoms with Gasteiger partial charge in [0.05, 0.1) is 5.56 Å². The standard InChI is InChI=1S/C8H7NO3/c1-5-2-6(8(11)12)7(4-10)9-3-5/h2-4H,1H3,(H,11,12). The zero-order valence-electron chi connectivity index (χ0n) is 6.44. The number of carboxylic acid groups (broad SMARTS) is 1. The first kappa shape index (κ1) is 8.39. The molecule has 1 rings (SSSR count). The fourth-order valence-electron chi connectivity index (χ4n) is 0.845. The molecule has 1 aromatic rings. The molecule has 0 aromatic carbocycles. The lowest BCUT2D eigenvalue weighted by atomic mass is 10.1. The van der Waals surface area contributed by atoms with Crippen molar-refractivity contribution in [2.24, 2.45) is 0 Å². The highest BCUT2D eigenvalue weighted by Gasteiger charge is 2.09. The van der Waals surface area contributed by atoms with Crippen molar-refractivity contribution in [1.82, 2.24) is 4.98 Å². The number of nitrogens with zero attached hydrogens (tertiary/aromatic N) is 1. The second-order valence-corrected chi connectivity index (χ2v) is 2.37. The van der Waals surface area contributed by atoms with E-state index in [9.17, 15) is 9.59 Å². The number of carboxylic acids is 1. The summed E-state index contributed by atoms with van der Waals surface area (Å²) in [6.07, 6.45) is 1.89. The van der Waals surface area contributed by atoms with Crippen LogP contribution in [0.3, 0.4) is 0 Å². The fourth-order valence-corrected chi connectivity index (χ4v) is 0.845. The minimum atomic E-state index is -1.13. The predicted octanol–water partition coefficient (Wildman–Crippen LogP) is 0.901. The molecule has 0 fully saturated rings. The van der Waals surface area contributed by atoms with Gasteiger partial charge in [-0.25, -0.2) is 4.79 Å². The van der Waals surface area contributed by atoms with Crippen molar-refractivity contribution in [2.75, 3.05) is 0 Å². The number of hydrogen-bond donors (Lipinski definition) is 1. The molecule has 0 amide bonds. The number of hydrogen-bond acceptors (Lipinski definition) is 3. The molecule has 1 N–H and O–H groups in total. The van der Waals surface area contributed by atoms with Crippen LogP contribution in [0.2, 0.25) is 0 Å². The minimum Gasteiger partial charge on any atom is -0.478 e. The summed E-state index contributed by atoms with van der Waals surface area (Å²) in [5.74, 6) is -1.13. The third-order valence-electron chi connectivity index (χ3n) is 1.40. The Bertz CT molecular complexity index is 333. The smallest absolute Gasteiger partial charge is 0.338 e. The van der Waals surface area contributed by atoms with Crippen molar-refractivity contribution >= 4 is 12.3 Å². The first-order valence-electron chi connectivity index (χ1n) is 3.30. The molecule has 1 aromatic heterocycles. The van der Waals surface area contributed by atoms with E-state index in [0.717, 1.165) is 5.56 Å². The van der Waals surface area contributed by atoms with E-state index in [1.807, 2.05) is 0 Å². The first-order chi connectivity index (χ1) is 5.65. The second-order valence-electron chi connectivity index (χ2n) is 2.37. The summed E-state index contributed by atoms with van der Waals surface area (Å²) in [4.78, 5) is 24.5. The molecule has 12 heavy (non-hydrogen) atoms. The lowest BCUT2D eigenvalue weighted by Crippen LogP contribution is -2.04. The van der Waals surface area contributed by atoms with E-state index >= 15 is 0 Å². The molecule has 1 heterocycles. The number of carbonyl (C=O) groups is 2. The van der Waals surface area contributed by atoms with Gasteiger partial charge in [-0.3, -0.25) is 9.78 Å². The highest BCUT2D eigenvalue weighted by atomic mass is 16.4. The average Bonchev–Trinajstić information content (AvgIpc) is 2.04. The predicted molar refractivity (Wildman–Crippen MR) is 41.3 cm³/mol. The maximum Gasteiger partial charge on any atom is 0.338 e. The number of aryl methyl sites for hydroxylation is 1. The molecular formula is C8H7NO3. The van der Waals surface area contributed by atoms with Crippen LogP contribution in [0, 0.1) is 6.92 Å². The Kier molecular flexibility index (Phi) is 2.19. The van der Waals surface area contributed by atoms with Crippen LogP contribution < -0.4 is 0 Å². The van der Waals surface area contributed by atoms with Gasteiger partial charge < -0.3 is 5.11 Å². The number of carbonyl (C=O) groups excluding carboxylic acids is 1. The zero-order valence-corrected chi connectivity index (χ0v) is 6.44. The molecular weight excluding hydrogens is 158 g/mol. The Morgan fingerprint density at radius 3 is 2.83 bits per heavy atom. The van der Waals surface area contributed by atoms with Crippen molar-refractivity contribution in [3.05, 3.63) is 29.1 Å². The van der Waals surface area contributed by atoms with Crippen molar-refractivity contribution < 1.29 is 14.7 Å².